The molecule has 1 rings (SSSR count). The van der Waals surface area contributed by atoms with Gasteiger partial charge in [-0.15, -0.1) is 0 Å². The molecule has 15 heavy (non-hydrogen) atoms. The van der Waals surface area contributed by atoms with E-state index in [-0.39, 0.29) is 0 Å². The summed E-state index contributed by atoms with van der Waals surface area (Å²) >= 11 is 0. The number of hydrogen-bond acceptors (Lipinski definition) is 5. The Balaban J connectivity index is 3.60. The van der Waals surface area contributed by atoms with Crippen LogP contribution in [0.25, 0.3) is 0 Å². The molecule has 0 amide bonds. The van der Waals surface area contributed by atoms with Gasteiger partial charge in [-0.1, -0.05) is 0 Å². The maximum Gasteiger partial charge on any atom is 0.305 e. The lowest BCUT2D eigenvalue weighted by Crippen LogP contribution is -2.05. The van der Waals surface area contributed by atoms with Crippen LogP contribution in [0.2, 0.25) is 0 Å². The standard InChI is InChI=1S/C7H4F2N4O2/c8-7(9)5-4(1-10)12-2-3(11)6(5)13(14)15/h2,7H,11H2. The zero-order valence-corrected chi connectivity index (χ0v) is 7.15. The van der Waals surface area contributed by atoms with Crippen molar-refractivity contribution in [2.45, 2.75) is 6.43 Å². The first kappa shape index (κ1) is 10.8. The molecule has 0 aromatic carbocycles. The van der Waals surface area contributed by atoms with Crippen molar-refractivity contribution >= 4 is 11.4 Å². The van der Waals surface area contributed by atoms with Crippen LogP contribution in [0.1, 0.15) is 17.7 Å². The molecule has 0 fully saturated rings. The van der Waals surface area contributed by atoms with Crippen LogP contribution in [-0.4, -0.2) is 9.91 Å². The molecule has 0 bridgehead atoms. The molecule has 6 nitrogen and oxygen atoms in total. The normalized spacial score (nSPS) is 10.0. The third kappa shape index (κ3) is 1.80. The van der Waals surface area contributed by atoms with Gasteiger partial charge in [-0.25, -0.2) is 13.8 Å². The van der Waals surface area contributed by atoms with Crippen LogP contribution < -0.4 is 5.73 Å². The van der Waals surface area contributed by atoms with Crippen molar-refractivity contribution in [2.75, 3.05) is 5.73 Å². The number of aromatic nitrogens is 1. The highest BCUT2D eigenvalue weighted by atomic mass is 19.3. The minimum atomic E-state index is -3.17. The monoisotopic (exact) mass is 214 g/mol. The fourth-order valence-electron chi connectivity index (χ4n) is 1.03. The summed E-state index contributed by atoms with van der Waals surface area (Å²) < 4.78 is 24.9. The molecule has 0 aliphatic rings. The summed E-state index contributed by atoms with van der Waals surface area (Å²) in [5, 5.41) is 18.9. The van der Waals surface area contributed by atoms with Crippen molar-refractivity contribution in [1.29, 1.82) is 5.26 Å². The van der Waals surface area contributed by atoms with E-state index < -0.39 is 34.0 Å². The number of alkyl halides is 2. The van der Waals surface area contributed by atoms with Gasteiger partial charge >= 0.3 is 5.69 Å². The zero-order chi connectivity index (χ0) is 11.6. The van der Waals surface area contributed by atoms with Gasteiger partial charge in [-0.05, 0) is 0 Å². The van der Waals surface area contributed by atoms with Gasteiger partial charge in [0.15, 0.2) is 5.69 Å². The molecule has 0 saturated carbocycles. The first-order valence-corrected chi connectivity index (χ1v) is 3.60. The van der Waals surface area contributed by atoms with Crippen molar-refractivity contribution in [3.05, 3.63) is 27.6 Å². The largest absolute Gasteiger partial charge is 0.392 e. The second-order valence-corrected chi connectivity index (χ2v) is 2.49. The van der Waals surface area contributed by atoms with Crippen molar-refractivity contribution in [3.8, 4) is 6.07 Å². The molecule has 0 spiro atoms. The van der Waals surface area contributed by atoms with Crippen LogP contribution in [0.15, 0.2) is 6.20 Å². The highest BCUT2D eigenvalue weighted by Crippen LogP contribution is 2.34. The Labute approximate surface area is 82.1 Å². The predicted molar refractivity (Wildman–Crippen MR) is 45.0 cm³/mol. The molecule has 0 unspecified atom stereocenters. The first-order chi connectivity index (χ1) is 6.99. The molecule has 0 aliphatic heterocycles. The number of nitriles is 1. The Morgan fingerprint density at radius 1 is 1.67 bits per heavy atom. The number of pyridine rings is 1. The minimum Gasteiger partial charge on any atom is -0.392 e. The summed E-state index contributed by atoms with van der Waals surface area (Å²) in [6.45, 7) is 0. The van der Waals surface area contributed by atoms with Gasteiger partial charge < -0.3 is 5.73 Å². The molecule has 1 heterocycles. The van der Waals surface area contributed by atoms with Crippen molar-refractivity contribution in [3.63, 3.8) is 0 Å². The second-order valence-electron chi connectivity index (χ2n) is 2.49. The van der Waals surface area contributed by atoms with E-state index in [1.54, 1.807) is 0 Å². The van der Waals surface area contributed by atoms with E-state index in [0.717, 1.165) is 6.20 Å². The van der Waals surface area contributed by atoms with Crippen molar-refractivity contribution in [1.82, 2.24) is 4.98 Å². The Morgan fingerprint density at radius 2 is 2.27 bits per heavy atom. The maximum atomic E-state index is 12.5. The number of rotatable bonds is 2. The molecule has 1 aromatic rings. The Bertz CT molecular complexity index is 455. The molecule has 0 radical (unpaired) electrons. The predicted octanol–water partition coefficient (Wildman–Crippen LogP) is 1.38. The number of halogens is 2. The Hall–Kier alpha value is -2.30. The highest BCUT2D eigenvalue weighted by Gasteiger charge is 2.29. The van der Waals surface area contributed by atoms with Gasteiger partial charge in [0.25, 0.3) is 6.43 Å². The molecule has 8 heteroatoms. The second kappa shape index (κ2) is 3.83. The number of nitrogen functional groups attached to an aromatic ring is 1. The fraction of sp³-hybridized carbons (Fsp3) is 0.143. The first-order valence-electron chi connectivity index (χ1n) is 3.60. The van der Waals surface area contributed by atoms with Crippen LogP contribution >= 0.6 is 0 Å². The number of hydrogen-bond donors (Lipinski definition) is 1. The van der Waals surface area contributed by atoms with Crippen molar-refractivity contribution < 1.29 is 13.7 Å². The topological polar surface area (TPSA) is 106 Å². The van der Waals surface area contributed by atoms with Crippen LogP contribution in [-0.2, 0) is 0 Å². The number of nitro groups is 1. The van der Waals surface area contributed by atoms with E-state index in [2.05, 4.69) is 4.98 Å². The van der Waals surface area contributed by atoms with E-state index >= 15 is 0 Å². The van der Waals surface area contributed by atoms with E-state index in [0.29, 0.717) is 0 Å². The highest BCUT2D eigenvalue weighted by molar-refractivity contribution is 5.64. The van der Waals surface area contributed by atoms with Gasteiger partial charge in [0, 0.05) is 0 Å². The molecule has 0 aliphatic carbocycles. The molecule has 0 atom stereocenters. The molecule has 1 aromatic heterocycles. The molecular formula is C7H4F2N4O2. The lowest BCUT2D eigenvalue weighted by molar-refractivity contribution is -0.385. The van der Waals surface area contributed by atoms with Crippen LogP contribution in [0, 0.1) is 21.4 Å². The van der Waals surface area contributed by atoms with E-state index in [1.807, 2.05) is 0 Å². The van der Waals surface area contributed by atoms with Crippen LogP contribution in [0.3, 0.4) is 0 Å². The van der Waals surface area contributed by atoms with E-state index in [4.69, 9.17) is 11.0 Å². The molecule has 78 valence electrons. The fourth-order valence-corrected chi connectivity index (χ4v) is 1.03. The smallest absolute Gasteiger partial charge is 0.305 e. The zero-order valence-electron chi connectivity index (χ0n) is 7.15. The summed E-state index contributed by atoms with van der Waals surface area (Å²) in [6, 6.07) is 1.35. The average molecular weight is 214 g/mol. The number of nitrogens with zero attached hydrogens (tertiary/aromatic N) is 3. The van der Waals surface area contributed by atoms with E-state index in [1.165, 1.54) is 6.07 Å². The SMILES string of the molecule is N#Cc1ncc(N)c([N+](=O)[O-])c1C(F)F. The average Bonchev–Trinajstić information content (AvgIpc) is 2.16. The summed E-state index contributed by atoms with van der Waals surface area (Å²) in [4.78, 5) is 12.7. The summed E-state index contributed by atoms with van der Waals surface area (Å²) in [5.74, 6) is 0. The minimum absolute atomic E-state index is 0.491. The van der Waals surface area contributed by atoms with Crippen LogP contribution in [0.4, 0.5) is 20.2 Å². The van der Waals surface area contributed by atoms with Gasteiger partial charge in [0.05, 0.1) is 11.1 Å². The van der Waals surface area contributed by atoms with Gasteiger partial charge in [0.1, 0.15) is 17.3 Å². The lowest BCUT2D eigenvalue weighted by Gasteiger charge is -2.04. The molecular weight excluding hydrogens is 210 g/mol. The quantitative estimate of drug-likeness (QED) is 0.591. The van der Waals surface area contributed by atoms with E-state index in [9.17, 15) is 18.9 Å². The lowest BCUT2D eigenvalue weighted by atomic mass is 10.1. The Morgan fingerprint density at radius 3 is 2.67 bits per heavy atom. The van der Waals surface area contributed by atoms with Crippen molar-refractivity contribution in [2.24, 2.45) is 0 Å². The molecule has 0 saturated heterocycles. The number of anilines is 1. The summed E-state index contributed by atoms with van der Waals surface area (Å²) in [5.41, 5.74) is 1.96. The van der Waals surface area contributed by atoms with Crippen LogP contribution in [0.5, 0.6) is 0 Å². The maximum absolute atomic E-state index is 12.5. The third-order valence-electron chi connectivity index (χ3n) is 1.62. The summed E-state index contributed by atoms with van der Waals surface area (Å²) in [7, 11) is 0. The molecule has 2 N–H and O–H groups in total. The summed E-state index contributed by atoms with van der Waals surface area (Å²) in [6.07, 6.45) is -2.36. The third-order valence-corrected chi connectivity index (χ3v) is 1.62. The Kier molecular flexibility index (Phi) is 2.75. The van der Waals surface area contributed by atoms with Gasteiger partial charge in [-0.3, -0.25) is 10.1 Å². The van der Waals surface area contributed by atoms with Gasteiger partial charge in [-0.2, -0.15) is 5.26 Å². The van der Waals surface area contributed by atoms with Gasteiger partial charge in [0.2, 0.25) is 0 Å². The number of nitrogens with two attached hydrogens (primary N) is 1.